The molecule has 4 rings (SSSR count). The molecule has 0 spiro atoms. The molecule has 3 aromatic rings. The number of aromatic nitrogens is 2. The number of aryl methyl sites for hydroxylation is 1. The number of alkyl halides is 2. The number of carbonyl (C=O) groups excluding carboxylic acids is 1. The molecule has 0 aliphatic carbocycles. The molecule has 2 N–H and O–H groups in total. The number of nitrogens with one attached hydrogen (secondary N) is 1. The lowest BCUT2D eigenvalue weighted by Crippen LogP contribution is -2.41. The first-order valence-corrected chi connectivity index (χ1v) is 11.3. The number of hydrogen-bond donors (Lipinski definition) is 2. The highest BCUT2D eigenvalue weighted by atomic mass is 19.3. The SMILES string of the molecule is Cc1nc(N[C@H](C)c2cccc(C(F)(F)C(C)(C)O)c2F)c2cc3c(cc2n1)N(C)C(=O)C3(C)C. The first-order chi connectivity index (χ1) is 16.1. The maximum atomic E-state index is 15.3. The summed E-state index contributed by atoms with van der Waals surface area (Å²) in [6, 6.07) is 6.68. The van der Waals surface area contributed by atoms with Crippen molar-refractivity contribution in [3.05, 3.63) is 58.7 Å². The second-order valence-corrected chi connectivity index (χ2v) is 10.2. The van der Waals surface area contributed by atoms with Gasteiger partial charge in [-0.25, -0.2) is 14.4 Å². The normalized spacial score (nSPS) is 16.5. The Balaban J connectivity index is 1.80. The van der Waals surface area contributed by atoms with E-state index in [4.69, 9.17) is 0 Å². The first-order valence-electron chi connectivity index (χ1n) is 11.3. The van der Waals surface area contributed by atoms with Crippen molar-refractivity contribution in [1.29, 1.82) is 0 Å². The molecule has 0 fully saturated rings. The zero-order chi connectivity index (χ0) is 26.1. The number of carbonyl (C=O) groups is 1. The Bertz CT molecular complexity index is 1350. The van der Waals surface area contributed by atoms with Crippen LogP contribution in [0.1, 0.15) is 63.2 Å². The molecule has 6 nitrogen and oxygen atoms in total. The molecule has 0 saturated heterocycles. The third-order valence-corrected chi connectivity index (χ3v) is 6.75. The fraction of sp³-hybridized carbons (Fsp3) is 0.423. The van der Waals surface area contributed by atoms with Crippen LogP contribution in [0.3, 0.4) is 0 Å². The van der Waals surface area contributed by atoms with Gasteiger partial charge in [-0.2, -0.15) is 8.78 Å². The van der Waals surface area contributed by atoms with Gasteiger partial charge in [0.2, 0.25) is 5.91 Å². The highest BCUT2D eigenvalue weighted by Crippen LogP contribution is 2.44. The number of amides is 1. The lowest BCUT2D eigenvalue weighted by molar-refractivity contribution is -0.170. The molecule has 1 aliphatic rings. The Kier molecular flexibility index (Phi) is 5.63. The zero-order valence-electron chi connectivity index (χ0n) is 20.8. The van der Waals surface area contributed by atoms with Gasteiger partial charge < -0.3 is 15.3 Å². The molecule has 1 atom stereocenters. The van der Waals surface area contributed by atoms with Crippen LogP contribution in [0.2, 0.25) is 0 Å². The van der Waals surface area contributed by atoms with Gasteiger partial charge in [0.25, 0.3) is 0 Å². The van der Waals surface area contributed by atoms with E-state index in [1.807, 2.05) is 26.0 Å². The van der Waals surface area contributed by atoms with Crippen molar-refractivity contribution in [2.24, 2.45) is 0 Å². The predicted molar refractivity (Wildman–Crippen MR) is 129 cm³/mol. The summed E-state index contributed by atoms with van der Waals surface area (Å²) >= 11 is 0. The lowest BCUT2D eigenvalue weighted by Gasteiger charge is -2.30. The molecule has 2 heterocycles. The molecule has 0 radical (unpaired) electrons. The Morgan fingerprint density at radius 1 is 1.17 bits per heavy atom. The van der Waals surface area contributed by atoms with E-state index in [9.17, 15) is 18.7 Å². The molecule has 1 aromatic heterocycles. The summed E-state index contributed by atoms with van der Waals surface area (Å²) in [6.07, 6.45) is 0. The first kappa shape index (κ1) is 24.9. The van der Waals surface area contributed by atoms with Gasteiger partial charge in [0.05, 0.1) is 22.5 Å². The average Bonchev–Trinajstić information content (AvgIpc) is 2.91. The number of halogens is 3. The Morgan fingerprint density at radius 2 is 1.83 bits per heavy atom. The zero-order valence-corrected chi connectivity index (χ0v) is 20.8. The second-order valence-electron chi connectivity index (χ2n) is 10.2. The number of hydrogen-bond acceptors (Lipinski definition) is 5. The van der Waals surface area contributed by atoms with Crippen LogP contribution in [-0.2, 0) is 16.1 Å². The van der Waals surface area contributed by atoms with E-state index in [1.54, 1.807) is 25.8 Å². The lowest BCUT2D eigenvalue weighted by atomic mass is 9.85. The summed E-state index contributed by atoms with van der Waals surface area (Å²) in [5.74, 6) is -4.07. The van der Waals surface area contributed by atoms with Gasteiger partial charge in [-0.1, -0.05) is 12.1 Å². The monoisotopic (exact) mass is 486 g/mol. The Labute approximate surface area is 202 Å². The van der Waals surface area contributed by atoms with Crippen LogP contribution in [0.4, 0.5) is 24.7 Å². The van der Waals surface area contributed by atoms with Crippen molar-refractivity contribution in [2.45, 2.75) is 64.5 Å². The number of aliphatic hydroxyl groups is 1. The van der Waals surface area contributed by atoms with E-state index in [1.165, 1.54) is 12.1 Å². The largest absolute Gasteiger partial charge is 0.384 e. The summed E-state index contributed by atoms with van der Waals surface area (Å²) in [5, 5.41) is 13.7. The van der Waals surface area contributed by atoms with Crippen LogP contribution in [0, 0.1) is 12.7 Å². The van der Waals surface area contributed by atoms with Crippen LogP contribution in [0.25, 0.3) is 10.9 Å². The summed E-state index contributed by atoms with van der Waals surface area (Å²) in [4.78, 5) is 23.3. The van der Waals surface area contributed by atoms with Crippen molar-refractivity contribution in [1.82, 2.24) is 9.97 Å². The van der Waals surface area contributed by atoms with Gasteiger partial charge in [-0.3, -0.25) is 4.79 Å². The summed E-state index contributed by atoms with van der Waals surface area (Å²) in [6.45, 7) is 8.93. The summed E-state index contributed by atoms with van der Waals surface area (Å²) in [7, 11) is 1.72. The average molecular weight is 487 g/mol. The van der Waals surface area contributed by atoms with Gasteiger partial charge in [-0.15, -0.1) is 0 Å². The predicted octanol–water partition coefficient (Wildman–Crippen LogP) is 5.37. The summed E-state index contributed by atoms with van der Waals surface area (Å²) in [5.41, 5.74) is -1.87. The molecular weight excluding hydrogens is 457 g/mol. The van der Waals surface area contributed by atoms with Gasteiger partial charge in [0.15, 0.2) is 0 Å². The van der Waals surface area contributed by atoms with Crippen LogP contribution in [0.15, 0.2) is 30.3 Å². The second kappa shape index (κ2) is 7.91. The molecule has 1 amide bonds. The number of rotatable bonds is 5. The number of fused-ring (bicyclic) bond motifs is 2. The highest BCUT2D eigenvalue weighted by molar-refractivity contribution is 6.10. The molecule has 35 heavy (non-hydrogen) atoms. The minimum atomic E-state index is -3.80. The Hall–Kier alpha value is -3.20. The molecule has 0 unspecified atom stereocenters. The third-order valence-electron chi connectivity index (χ3n) is 6.75. The maximum absolute atomic E-state index is 15.3. The molecule has 1 aliphatic heterocycles. The van der Waals surface area contributed by atoms with Crippen molar-refractivity contribution in [3.63, 3.8) is 0 Å². The van der Waals surface area contributed by atoms with Crippen LogP contribution >= 0.6 is 0 Å². The van der Waals surface area contributed by atoms with Crippen LogP contribution in [0.5, 0.6) is 0 Å². The molecule has 2 aromatic carbocycles. The quantitative estimate of drug-likeness (QED) is 0.507. The topological polar surface area (TPSA) is 78.4 Å². The van der Waals surface area contributed by atoms with Crippen LogP contribution < -0.4 is 10.2 Å². The van der Waals surface area contributed by atoms with E-state index in [0.717, 1.165) is 31.2 Å². The minimum absolute atomic E-state index is 0.00670. The number of nitrogens with zero attached hydrogens (tertiary/aromatic N) is 3. The van der Waals surface area contributed by atoms with Gasteiger partial charge in [-0.05, 0) is 65.3 Å². The van der Waals surface area contributed by atoms with Crippen molar-refractivity contribution in [2.75, 3.05) is 17.3 Å². The van der Waals surface area contributed by atoms with Crippen LogP contribution in [-0.4, -0.2) is 33.6 Å². The third kappa shape index (κ3) is 3.82. The highest BCUT2D eigenvalue weighted by Gasteiger charge is 2.49. The number of likely N-dealkylation sites (N-methyl/N-ethyl adjacent to an activating group) is 1. The van der Waals surface area contributed by atoms with Gasteiger partial charge in [0.1, 0.15) is 23.1 Å². The molecule has 9 heteroatoms. The number of anilines is 2. The molecule has 0 saturated carbocycles. The molecular formula is C26H29F3N4O2. The van der Waals surface area contributed by atoms with Gasteiger partial charge in [0, 0.05) is 23.7 Å². The maximum Gasteiger partial charge on any atom is 0.303 e. The Morgan fingerprint density at radius 3 is 2.46 bits per heavy atom. The van der Waals surface area contributed by atoms with E-state index < -0.39 is 34.4 Å². The van der Waals surface area contributed by atoms with Crippen molar-refractivity contribution in [3.8, 4) is 0 Å². The minimum Gasteiger partial charge on any atom is -0.384 e. The van der Waals surface area contributed by atoms with Crippen molar-refractivity contribution < 1.29 is 23.1 Å². The van der Waals surface area contributed by atoms with Crippen molar-refractivity contribution >= 4 is 28.3 Å². The van der Waals surface area contributed by atoms with E-state index in [0.29, 0.717) is 22.5 Å². The van der Waals surface area contributed by atoms with E-state index >= 15 is 4.39 Å². The molecule has 186 valence electrons. The van der Waals surface area contributed by atoms with E-state index in [2.05, 4.69) is 15.3 Å². The van der Waals surface area contributed by atoms with Gasteiger partial charge >= 0.3 is 5.92 Å². The van der Waals surface area contributed by atoms with E-state index in [-0.39, 0.29) is 11.5 Å². The smallest absolute Gasteiger partial charge is 0.303 e. The number of benzene rings is 2. The fourth-order valence-electron chi connectivity index (χ4n) is 4.55. The summed E-state index contributed by atoms with van der Waals surface area (Å²) < 4.78 is 44.8. The fourth-order valence-corrected chi connectivity index (χ4v) is 4.55. The molecule has 0 bridgehead atoms. The standard InChI is InChI=1S/C26H29F3N4O2/c1-13(15-9-8-10-17(21(15)27)26(28,29)25(5,6)35)30-22-16-11-18-20(12-19(16)31-14(2)32-22)33(7)23(34)24(18,3)4/h8-13,35H,1-7H3,(H,30,31,32)/t13-/m1/s1.